The third kappa shape index (κ3) is 9.09. The lowest BCUT2D eigenvalue weighted by molar-refractivity contribution is -0.141. The zero-order valence-corrected chi connectivity index (χ0v) is 25.4. The molecule has 3 rings (SSSR count). The van der Waals surface area contributed by atoms with E-state index >= 15 is 0 Å². The van der Waals surface area contributed by atoms with Gasteiger partial charge in [-0.15, -0.1) is 0 Å². The second-order valence-electron chi connectivity index (χ2n) is 9.39. The third-order valence-electron chi connectivity index (χ3n) is 6.36. The van der Waals surface area contributed by atoms with Crippen LogP contribution >= 0.6 is 15.9 Å². The second kappa shape index (κ2) is 14.9. The highest BCUT2D eigenvalue weighted by atomic mass is 79.9. The molecule has 0 spiro atoms. The first-order valence-electron chi connectivity index (χ1n) is 13.1. The van der Waals surface area contributed by atoms with Crippen molar-refractivity contribution < 1.29 is 22.7 Å². The number of methoxy groups -OCH3 is 1. The number of benzene rings is 3. The van der Waals surface area contributed by atoms with Crippen molar-refractivity contribution in [3.63, 3.8) is 0 Å². The summed E-state index contributed by atoms with van der Waals surface area (Å²) in [5.74, 6) is 0.0724. The van der Waals surface area contributed by atoms with Crippen LogP contribution in [0.2, 0.25) is 0 Å². The number of amides is 2. The lowest BCUT2D eigenvalue weighted by Crippen LogP contribution is -2.50. The summed E-state index contributed by atoms with van der Waals surface area (Å²) in [6, 6.07) is 23.3. The van der Waals surface area contributed by atoms with Crippen LogP contribution in [-0.2, 0) is 32.6 Å². The van der Waals surface area contributed by atoms with Crippen LogP contribution in [0, 0.1) is 0 Å². The molecule has 214 valence electrons. The second-order valence-corrected chi connectivity index (χ2v) is 12.2. The van der Waals surface area contributed by atoms with Crippen LogP contribution in [0.15, 0.2) is 83.3 Å². The van der Waals surface area contributed by atoms with Crippen molar-refractivity contribution in [2.24, 2.45) is 0 Å². The summed E-state index contributed by atoms with van der Waals surface area (Å²) in [4.78, 5) is 28.7. The first kappa shape index (κ1) is 31.2. The zero-order valence-electron chi connectivity index (χ0n) is 23.0. The fourth-order valence-corrected chi connectivity index (χ4v) is 5.85. The molecular formula is C30H36BrN3O5S. The maximum Gasteiger partial charge on any atom is 0.243 e. The topological polar surface area (TPSA) is 96.0 Å². The smallest absolute Gasteiger partial charge is 0.243 e. The number of sulfonamides is 1. The lowest BCUT2D eigenvalue weighted by Gasteiger charge is -2.32. The number of likely N-dealkylation sites (N-methyl/N-ethyl adjacent to an activating group) is 1. The zero-order chi connectivity index (χ0) is 29.1. The van der Waals surface area contributed by atoms with E-state index in [1.807, 2.05) is 61.5 Å². The van der Waals surface area contributed by atoms with Crippen LogP contribution < -0.4 is 14.4 Å². The molecule has 0 aliphatic heterocycles. The Morgan fingerprint density at radius 1 is 0.975 bits per heavy atom. The van der Waals surface area contributed by atoms with Crippen LogP contribution in [0.5, 0.6) is 5.75 Å². The van der Waals surface area contributed by atoms with E-state index in [4.69, 9.17) is 4.74 Å². The van der Waals surface area contributed by atoms with Crippen molar-refractivity contribution in [1.29, 1.82) is 0 Å². The van der Waals surface area contributed by atoms with Gasteiger partial charge in [-0.1, -0.05) is 64.5 Å². The fraction of sp³-hybridized carbons (Fsp3) is 0.333. The Bertz CT molecular complexity index is 1380. The van der Waals surface area contributed by atoms with E-state index in [0.29, 0.717) is 24.4 Å². The van der Waals surface area contributed by atoms with Gasteiger partial charge in [0.2, 0.25) is 21.8 Å². The van der Waals surface area contributed by atoms with Gasteiger partial charge >= 0.3 is 0 Å². The van der Waals surface area contributed by atoms with Gasteiger partial charge in [0.15, 0.2) is 0 Å². The van der Waals surface area contributed by atoms with Crippen LogP contribution in [0.3, 0.4) is 0 Å². The Balaban J connectivity index is 1.86. The molecule has 0 radical (unpaired) electrons. The number of nitrogens with zero attached hydrogens (tertiary/aromatic N) is 2. The number of carbonyl (C=O) groups excluding carboxylic acids is 2. The number of carbonyl (C=O) groups is 2. The summed E-state index contributed by atoms with van der Waals surface area (Å²) < 4.78 is 32.6. The van der Waals surface area contributed by atoms with E-state index in [9.17, 15) is 18.0 Å². The van der Waals surface area contributed by atoms with Gasteiger partial charge in [-0.05, 0) is 48.7 Å². The van der Waals surface area contributed by atoms with Crippen molar-refractivity contribution in [2.45, 2.75) is 38.8 Å². The largest absolute Gasteiger partial charge is 0.497 e. The van der Waals surface area contributed by atoms with E-state index in [1.165, 1.54) is 11.4 Å². The molecule has 0 aliphatic carbocycles. The van der Waals surface area contributed by atoms with Crippen molar-refractivity contribution in [1.82, 2.24) is 10.2 Å². The molecule has 8 nitrogen and oxygen atoms in total. The number of nitrogens with one attached hydrogen (secondary N) is 1. The molecule has 0 heterocycles. The van der Waals surface area contributed by atoms with Crippen LogP contribution in [0.25, 0.3) is 0 Å². The molecular weight excluding hydrogens is 594 g/mol. The number of ether oxygens (including phenoxy) is 1. The molecule has 0 fully saturated rings. The van der Waals surface area contributed by atoms with Gasteiger partial charge in [0.1, 0.15) is 11.8 Å². The van der Waals surface area contributed by atoms with Crippen molar-refractivity contribution >= 4 is 43.5 Å². The van der Waals surface area contributed by atoms with Crippen LogP contribution in [-0.4, -0.2) is 57.6 Å². The summed E-state index contributed by atoms with van der Waals surface area (Å²) in [6.07, 6.45) is 1.82. The van der Waals surface area contributed by atoms with E-state index in [1.54, 1.807) is 29.2 Å². The molecule has 3 aromatic carbocycles. The molecule has 2 amide bonds. The minimum Gasteiger partial charge on any atom is -0.497 e. The van der Waals surface area contributed by atoms with Gasteiger partial charge in [-0.2, -0.15) is 0 Å². The van der Waals surface area contributed by atoms with Crippen LogP contribution in [0.1, 0.15) is 30.9 Å². The Morgan fingerprint density at radius 3 is 2.33 bits per heavy atom. The molecule has 0 aromatic heterocycles. The molecule has 0 bridgehead atoms. The average molecular weight is 631 g/mol. The summed E-state index contributed by atoms with van der Waals surface area (Å²) in [7, 11) is -2.09. The Kier molecular flexibility index (Phi) is 11.6. The van der Waals surface area contributed by atoms with E-state index in [2.05, 4.69) is 21.2 Å². The molecule has 1 atom stereocenters. The predicted molar refractivity (Wildman–Crippen MR) is 162 cm³/mol. The maximum atomic E-state index is 13.8. The predicted octanol–water partition coefficient (Wildman–Crippen LogP) is 4.78. The van der Waals surface area contributed by atoms with Gasteiger partial charge in [0, 0.05) is 43.0 Å². The molecule has 1 unspecified atom stereocenters. The highest BCUT2D eigenvalue weighted by Crippen LogP contribution is 2.24. The van der Waals surface area contributed by atoms with Gasteiger partial charge in [-0.25, -0.2) is 8.42 Å². The minimum atomic E-state index is -3.61. The normalized spacial score (nSPS) is 11.9. The van der Waals surface area contributed by atoms with E-state index < -0.39 is 16.1 Å². The van der Waals surface area contributed by atoms with Gasteiger partial charge in [0.25, 0.3) is 0 Å². The summed E-state index contributed by atoms with van der Waals surface area (Å²) in [5.41, 5.74) is 2.27. The number of hydrogen-bond donors (Lipinski definition) is 1. The minimum absolute atomic E-state index is 0.0642. The molecule has 40 heavy (non-hydrogen) atoms. The van der Waals surface area contributed by atoms with Gasteiger partial charge < -0.3 is 15.0 Å². The number of hydrogen-bond acceptors (Lipinski definition) is 5. The van der Waals surface area contributed by atoms with Crippen molar-refractivity contribution in [3.05, 3.63) is 94.5 Å². The van der Waals surface area contributed by atoms with Gasteiger partial charge in [0.05, 0.1) is 19.1 Å². The Morgan fingerprint density at radius 2 is 1.68 bits per heavy atom. The number of rotatable bonds is 14. The highest BCUT2D eigenvalue weighted by molar-refractivity contribution is 9.10. The average Bonchev–Trinajstić information content (AvgIpc) is 2.93. The standard InChI is InChI=1S/C30H36BrN3O5S/c1-4-32-30(36)28(20-23-11-6-5-7-12-23)33(22-24-13-8-14-25(31)19-24)29(35)17-10-18-34(40(3,37)38)26-15-9-16-27(21-26)39-2/h5-9,11-16,19,21,28H,4,10,17-18,20,22H2,1-3H3,(H,32,36). The molecule has 0 saturated carbocycles. The highest BCUT2D eigenvalue weighted by Gasteiger charge is 2.30. The van der Waals surface area contributed by atoms with E-state index in [0.717, 1.165) is 21.9 Å². The maximum absolute atomic E-state index is 13.8. The lowest BCUT2D eigenvalue weighted by atomic mass is 10.0. The molecule has 3 aromatic rings. The van der Waals surface area contributed by atoms with Crippen LogP contribution in [0.4, 0.5) is 5.69 Å². The monoisotopic (exact) mass is 629 g/mol. The molecule has 0 aliphatic rings. The summed E-state index contributed by atoms with van der Waals surface area (Å²) >= 11 is 3.49. The molecule has 10 heteroatoms. The van der Waals surface area contributed by atoms with Crippen molar-refractivity contribution in [3.8, 4) is 5.75 Å². The van der Waals surface area contributed by atoms with Crippen molar-refractivity contribution in [2.75, 3.05) is 30.8 Å². The first-order valence-corrected chi connectivity index (χ1v) is 15.7. The molecule has 0 saturated heterocycles. The molecule has 1 N–H and O–H groups in total. The van der Waals surface area contributed by atoms with Gasteiger partial charge in [-0.3, -0.25) is 13.9 Å². The fourth-order valence-electron chi connectivity index (χ4n) is 4.45. The number of anilines is 1. The van der Waals surface area contributed by atoms with E-state index in [-0.39, 0.29) is 37.7 Å². The quantitative estimate of drug-likeness (QED) is 0.277. The Hall–Kier alpha value is -3.37. The summed E-state index contributed by atoms with van der Waals surface area (Å²) in [6.45, 7) is 2.62. The number of halogens is 1. The SMILES string of the molecule is CCNC(=O)C(Cc1ccccc1)N(Cc1cccc(Br)c1)C(=O)CCCN(c1cccc(OC)c1)S(C)(=O)=O. The third-order valence-corrected chi connectivity index (χ3v) is 8.04. The summed E-state index contributed by atoms with van der Waals surface area (Å²) in [5, 5.41) is 2.88. The first-order chi connectivity index (χ1) is 19.1. The Labute approximate surface area is 245 Å².